The Bertz CT molecular complexity index is 1070. The van der Waals surface area contributed by atoms with E-state index in [9.17, 15) is 4.79 Å². The topological polar surface area (TPSA) is 77.5 Å². The summed E-state index contributed by atoms with van der Waals surface area (Å²) in [6, 6.07) is 19.1. The first-order chi connectivity index (χ1) is 13.2. The van der Waals surface area contributed by atoms with Crippen LogP contribution in [-0.2, 0) is 0 Å². The number of amides is 1. The Morgan fingerprint density at radius 2 is 1.74 bits per heavy atom. The van der Waals surface area contributed by atoms with Crippen molar-refractivity contribution in [3.05, 3.63) is 83.7 Å². The largest absolute Gasteiger partial charge is 0.461 e. The Balaban J connectivity index is 1.54. The van der Waals surface area contributed by atoms with Gasteiger partial charge in [-0.1, -0.05) is 41.0 Å². The van der Waals surface area contributed by atoms with Crippen LogP contribution in [0, 0.1) is 0 Å². The lowest BCUT2D eigenvalue weighted by atomic mass is 10.2. The van der Waals surface area contributed by atoms with Gasteiger partial charge < -0.3 is 19.0 Å². The zero-order valence-corrected chi connectivity index (χ0v) is 14.6. The van der Waals surface area contributed by atoms with Gasteiger partial charge in [-0.3, -0.25) is 4.79 Å². The molecular weight excluding hydrogens is 368 g/mol. The molecule has 0 bridgehead atoms. The van der Waals surface area contributed by atoms with Crippen molar-refractivity contribution in [1.29, 1.82) is 0 Å². The summed E-state index contributed by atoms with van der Waals surface area (Å²) in [7, 11) is 0. The van der Waals surface area contributed by atoms with Gasteiger partial charge in [0.1, 0.15) is 5.75 Å². The zero-order chi connectivity index (χ0) is 18.6. The van der Waals surface area contributed by atoms with Gasteiger partial charge in [-0.2, -0.15) is 0 Å². The molecule has 0 unspecified atom stereocenters. The molecule has 2 aromatic heterocycles. The van der Waals surface area contributed by atoms with Gasteiger partial charge in [0.05, 0.1) is 17.0 Å². The normalized spacial score (nSPS) is 10.6. The molecule has 2 heterocycles. The van der Waals surface area contributed by atoms with Crippen LogP contribution in [0.1, 0.15) is 10.5 Å². The maximum atomic E-state index is 12.5. The van der Waals surface area contributed by atoms with Gasteiger partial charge in [0.15, 0.2) is 17.2 Å². The number of furan rings is 1. The first kappa shape index (κ1) is 16.9. The second-order valence-corrected chi connectivity index (χ2v) is 5.94. The van der Waals surface area contributed by atoms with Crippen LogP contribution in [0.15, 0.2) is 81.9 Å². The Labute approximate surface area is 159 Å². The lowest BCUT2D eigenvalue weighted by molar-refractivity contribution is 0.101. The van der Waals surface area contributed by atoms with Gasteiger partial charge in [-0.25, -0.2) is 0 Å². The maximum Gasteiger partial charge on any atom is 0.277 e. The Hall–Kier alpha value is -3.51. The lowest BCUT2D eigenvalue weighted by Gasteiger charge is -2.12. The van der Waals surface area contributed by atoms with E-state index in [1.54, 1.807) is 48.5 Å². The van der Waals surface area contributed by atoms with Gasteiger partial charge in [-0.15, -0.1) is 0 Å². The van der Waals surface area contributed by atoms with Crippen molar-refractivity contribution in [3.63, 3.8) is 0 Å². The number of nitrogens with zero attached hydrogens (tertiary/aromatic N) is 1. The first-order valence-corrected chi connectivity index (χ1v) is 8.42. The van der Waals surface area contributed by atoms with E-state index in [1.165, 1.54) is 12.3 Å². The third kappa shape index (κ3) is 3.70. The molecule has 0 saturated heterocycles. The molecule has 0 atom stereocenters. The summed E-state index contributed by atoms with van der Waals surface area (Å²) in [5.74, 6) is 1.36. The van der Waals surface area contributed by atoms with Gasteiger partial charge in [0.2, 0.25) is 5.76 Å². The number of nitrogens with one attached hydrogen (secondary N) is 1. The van der Waals surface area contributed by atoms with Crippen LogP contribution >= 0.6 is 11.6 Å². The molecule has 134 valence electrons. The molecular formula is C20H13ClN2O4. The van der Waals surface area contributed by atoms with Crippen LogP contribution in [-0.4, -0.2) is 11.1 Å². The first-order valence-electron chi connectivity index (χ1n) is 8.04. The number of aromatic nitrogens is 1. The van der Waals surface area contributed by atoms with E-state index >= 15 is 0 Å². The summed E-state index contributed by atoms with van der Waals surface area (Å²) >= 11 is 6.14. The highest BCUT2D eigenvalue weighted by atomic mass is 35.5. The van der Waals surface area contributed by atoms with E-state index in [-0.39, 0.29) is 5.69 Å². The molecule has 4 rings (SSSR count). The maximum absolute atomic E-state index is 12.5. The predicted molar refractivity (Wildman–Crippen MR) is 100 cm³/mol. The zero-order valence-electron chi connectivity index (χ0n) is 13.9. The minimum Gasteiger partial charge on any atom is -0.461 e. The molecule has 0 saturated carbocycles. The molecule has 1 N–H and O–H groups in total. The molecule has 6 nitrogen and oxygen atoms in total. The SMILES string of the molecule is O=C(Nc1ccccc1Oc1ccccc1Cl)c1cc(-c2ccco2)on1. The van der Waals surface area contributed by atoms with E-state index in [1.807, 2.05) is 12.1 Å². The second kappa shape index (κ2) is 7.39. The van der Waals surface area contributed by atoms with Crippen LogP contribution < -0.4 is 10.1 Å². The molecule has 2 aromatic carbocycles. The highest BCUT2D eigenvalue weighted by Crippen LogP contribution is 2.33. The summed E-state index contributed by atoms with van der Waals surface area (Å²) in [6.07, 6.45) is 1.51. The highest BCUT2D eigenvalue weighted by molar-refractivity contribution is 6.32. The third-order valence-electron chi connectivity index (χ3n) is 3.70. The number of halogens is 1. The number of anilines is 1. The standard InChI is InChI=1S/C20H13ClN2O4/c21-13-6-1-3-8-16(13)26-17-9-4-2-7-14(17)22-20(24)15-12-19(27-23-15)18-10-5-11-25-18/h1-12H,(H,22,24). The Morgan fingerprint density at radius 1 is 0.963 bits per heavy atom. The number of carbonyl (C=O) groups is 1. The summed E-state index contributed by atoms with van der Waals surface area (Å²) in [5, 5.41) is 7.02. The minimum atomic E-state index is -0.438. The number of rotatable bonds is 5. The minimum absolute atomic E-state index is 0.119. The van der Waals surface area contributed by atoms with Crippen LogP contribution in [0.2, 0.25) is 5.02 Å². The number of hydrogen-bond acceptors (Lipinski definition) is 5. The van der Waals surface area contributed by atoms with Gasteiger partial charge >= 0.3 is 0 Å². The average molecular weight is 381 g/mol. The molecule has 0 fully saturated rings. The monoisotopic (exact) mass is 380 g/mol. The number of para-hydroxylation sites is 3. The molecule has 1 amide bonds. The molecule has 0 aliphatic heterocycles. The molecule has 0 aliphatic carbocycles. The number of carbonyl (C=O) groups excluding carboxylic acids is 1. The van der Waals surface area contributed by atoms with Crippen LogP contribution in [0.4, 0.5) is 5.69 Å². The van der Waals surface area contributed by atoms with E-state index in [2.05, 4.69) is 10.5 Å². The van der Waals surface area contributed by atoms with Crippen molar-refractivity contribution < 1.29 is 18.5 Å². The van der Waals surface area contributed by atoms with Gasteiger partial charge in [0, 0.05) is 6.07 Å². The van der Waals surface area contributed by atoms with Gasteiger partial charge in [-0.05, 0) is 36.4 Å². The Morgan fingerprint density at radius 3 is 2.52 bits per heavy atom. The summed E-state index contributed by atoms with van der Waals surface area (Å²) in [6.45, 7) is 0. The van der Waals surface area contributed by atoms with Crippen molar-refractivity contribution in [2.45, 2.75) is 0 Å². The lowest BCUT2D eigenvalue weighted by Crippen LogP contribution is -2.12. The smallest absolute Gasteiger partial charge is 0.277 e. The number of ether oxygens (including phenoxy) is 1. The third-order valence-corrected chi connectivity index (χ3v) is 4.01. The molecule has 0 radical (unpaired) electrons. The van der Waals surface area contributed by atoms with Gasteiger partial charge in [0.25, 0.3) is 5.91 Å². The molecule has 0 aliphatic rings. The summed E-state index contributed by atoms with van der Waals surface area (Å²) in [5.41, 5.74) is 0.596. The highest BCUT2D eigenvalue weighted by Gasteiger charge is 2.17. The van der Waals surface area contributed by atoms with E-state index in [0.717, 1.165) is 0 Å². The fourth-order valence-corrected chi connectivity index (χ4v) is 2.58. The van der Waals surface area contributed by atoms with Crippen molar-refractivity contribution in [1.82, 2.24) is 5.16 Å². The van der Waals surface area contributed by atoms with Crippen LogP contribution in [0.25, 0.3) is 11.5 Å². The quantitative estimate of drug-likeness (QED) is 0.485. The van der Waals surface area contributed by atoms with Crippen molar-refractivity contribution in [2.75, 3.05) is 5.32 Å². The molecule has 7 heteroatoms. The van der Waals surface area contributed by atoms with Crippen molar-refractivity contribution in [2.24, 2.45) is 0 Å². The van der Waals surface area contributed by atoms with E-state index < -0.39 is 5.91 Å². The molecule has 0 spiro atoms. The average Bonchev–Trinajstić information content (AvgIpc) is 3.36. The molecule has 4 aromatic rings. The number of benzene rings is 2. The fraction of sp³-hybridized carbons (Fsp3) is 0. The van der Waals surface area contributed by atoms with Crippen LogP contribution in [0.5, 0.6) is 11.5 Å². The van der Waals surface area contributed by atoms with Crippen LogP contribution in [0.3, 0.4) is 0 Å². The predicted octanol–water partition coefficient (Wildman–Crippen LogP) is 5.63. The van der Waals surface area contributed by atoms with E-state index in [0.29, 0.717) is 33.7 Å². The summed E-state index contributed by atoms with van der Waals surface area (Å²) in [4.78, 5) is 12.5. The van der Waals surface area contributed by atoms with Crippen molar-refractivity contribution >= 4 is 23.2 Å². The van der Waals surface area contributed by atoms with Crippen molar-refractivity contribution in [3.8, 4) is 23.0 Å². The summed E-state index contributed by atoms with van der Waals surface area (Å²) < 4.78 is 16.2. The Kier molecular flexibility index (Phi) is 4.63. The number of hydrogen-bond donors (Lipinski definition) is 1. The second-order valence-electron chi connectivity index (χ2n) is 5.54. The van der Waals surface area contributed by atoms with E-state index in [4.69, 9.17) is 25.3 Å². The fourth-order valence-electron chi connectivity index (χ4n) is 2.41. The molecule has 27 heavy (non-hydrogen) atoms.